The Balaban J connectivity index is 2.38. The van der Waals surface area contributed by atoms with E-state index in [-0.39, 0.29) is 5.75 Å². The van der Waals surface area contributed by atoms with Crippen LogP contribution in [0.1, 0.15) is 19.4 Å². The number of rotatable bonds is 6. The molecule has 3 N–H and O–H groups in total. The van der Waals surface area contributed by atoms with Gasteiger partial charge < -0.3 is 15.8 Å². The van der Waals surface area contributed by atoms with E-state index < -0.39 is 6.36 Å². The summed E-state index contributed by atoms with van der Waals surface area (Å²) in [6.07, 6.45) is -4.03. The summed E-state index contributed by atoms with van der Waals surface area (Å²) in [6, 6.07) is 5.76. The minimum Gasteiger partial charge on any atom is -0.406 e. The van der Waals surface area contributed by atoms with Crippen LogP contribution in [0.4, 0.5) is 13.2 Å². The van der Waals surface area contributed by atoms with E-state index in [1.165, 1.54) is 12.1 Å². The molecule has 21 heavy (non-hydrogen) atoms. The summed E-state index contributed by atoms with van der Waals surface area (Å²) in [5, 5.41) is 2.96. The van der Waals surface area contributed by atoms with Crippen LogP contribution in [-0.2, 0) is 6.42 Å². The van der Waals surface area contributed by atoms with Gasteiger partial charge in [-0.2, -0.15) is 0 Å². The van der Waals surface area contributed by atoms with E-state index in [9.17, 15) is 13.2 Å². The number of ether oxygens (including phenoxy) is 1. The molecule has 7 heteroatoms. The Kier molecular flexibility index (Phi) is 6.33. The van der Waals surface area contributed by atoms with Gasteiger partial charge in [-0.15, -0.1) is 13.2 Å². The summed E-state index contributed by atoms with van der Waals surface area (Å²) in [7, 11) is 0. The van der Waals surface area contributed by atoms with E-state index in [0.29, 0.717) is 31.4 Å². The molecule has 0 saturated carbocycles. The quantitative estimate of drug-likeness (QED) is 0.627. The van der Waals surface area contributed by atoms with Crippen molar-refractivity contribution in [3.8, 4) is 5.75 Å². The second-order valence-corrected chi connectivity index (χ2v) is 4.99. The molecule has 0 bridgehead atoms. The predicted molar refractivity (Wildman–Crippen MR) is 76.2 cm³/mol. The Hall–Kier alpha value is -1.92. The van der Waals surface area contributed by atoms with Crippen LogP contribution in [0, 0.1) is 5.92 Å². The molecule has 0 fully saturated rings. The highest BCUT2D eigenvalue weighted by Gasteiger charge is 2.30. The fraction of sp³-hybridized carbons (Fsp3) is 0.500. The molecule has 118 valence electrons. The van der Waals surface area contributed by atoms with Gasteiger partial charge in [0.15, 0.2) is 5.96 Å². The fourth-order valence-corrected chi connectivity index (χ4v) is 1.53. The first-order chi connectivity index (χ1) is 9.76. The number of alkyl halides is 3. The largest absolute Gasteiger partial charge is 0.573 e. The summed E-state index contributed by atoms with van der Waals surface area (Å²) in [6.45, 7) is 5.30. The molecule has 0 spiro atoms. The van der Waals surface area contributed by atoms with Gasteiger partial charge in [0.25, 0.3) is 0 Å². The third-order valence-corrected chi connectivity index (χ3v) is 2.50. The summed E-state index contributed by atoms with van der Waals surface area (Å²) in [5.74, 6) is 0.587. The number of benzene rings is 1. The van der Waals surface area contributed by atoms with E-state index in [4.69, 9.17) is 5.73 Å². The topological polar surface area (TPSA) is 59.6 Å². The first-order valence-corrected chi connectivity index (χ1v) is 6.65. The van der Waals surface area contributed by atoms with Crippen molar-refractivity contribution in [1.29, 1.82) is 0 Å². The van der Waals surface area contributed by atoms with Crippen LogP contribution in [0.15, 0.2) is 29.3 Å². The van der Waals surface area contributed by atoms with E-state index in [1.54, 1.807) is 12.1 Å². The van der Waals surface area contributed by atoms with Crippen LogP contribution in [0.2, 0.25) is 0 Å². The Morgan fingerprint density at radius 2 is 1.90 bits per heavy atom. The molecular formula is C14H20F3N3O. The lowest BCUT2D eigenvalue weighted by molar-refractivity contribution is -0.274. The SMILES string of the molecule is CC(C)CN=C(N)NCCc1ccc(OC(F)(F)F)cc1. The first-order valence-electron chi connectivity index (χ1n) is 6.65. The molecule has 0 aliphatic carbocycles. The van der Waals surface area contributed by atoms with Crippen LogP contribution >= 0.6 is 0 Å². The normalized spacial score (nSPS) is 12.6. The van der Waals surface area contributed by atoms with Gasteiger partial charge in [0.2, 0.25) is 0 Å². The maximum atomic E-state index is 12.0. The Labute approximate surface area is 122 Å². The average Bonchev–Trinajstić information content (AvgIpc) is 2.37. The molecule has 1 aromatic rings. The lowest BCUT2D eigenvalue weighted by atomic mass is 10.1. The zero-order valence-electron chi connectivity index (χ0n) is 12.1. The fourth-order valence-electron chi connectivity index (χ4n) is 1.53. The number of hydrogen-bond acceptors (Lipinski definition) is 2. The standard InChI is InChI=1S/C14H20F3N3O/c1-10(2)9-20-13(18)19-8-7-11-3-5-12(6-4-11)21-14(15,16)17/h3-6,10H,7-9H2,1-2H3,(H3,18,19,20). The zero-order chi connectivity index (χ0) is 15.9. The molecule has 1 rings (SSSR count). The summed E-state index contributed by atoms with van der Waals surface area (Å²) >= 11 is 0. The van der Waals surface area contributed by atoms with Crippen molar-refractivity contribution in [2.75, 3.05) is 13.1 Å². The van der Waals surface area contributed by atoms with Gasteiger partial charge in [0.1, 0.15) is 5.75 Å². The van der Waals surface area contributed by atoms with Crippen molar-refractivity contribution in [1.82, 2.24) is 5.32 Å². The molecule has 0 atom stereocenters. The average molecular weight is 303 g/mol. The maximum Gasteiger partial charge on any atom is 0.573 e. The van der Waals surface area contributed by atoms with Crippen molar-refractivity contribution >= 4 is 5.96 Å². The first kappa shape index (κ1) is 17.1. The van der Waals surface area contributed by atoms with Crippen LogP contribution in [0.25, 0.3) is 0 Å². The molecule has 0 aliphatic heterocycles. The number of hydrogen-bond donors (Lipinski definition) is 2. The highest BCUT2D eigenvalue weighted by Crippen LogP contribution is 2.22. The van der Waals surface area contributed by atoms with Gasteiger partial charge in [-0.3, -0.25) is 4.99 Å². The lowest BCUT2D eigenvalue weighted by Gasteiger charge is -2.10. The predicted octanol–water partition coefficient (Wildman–Crippen LogP) is 2.69. The molecule has 0 aliphatic rings. The molecule has 0 aromatic heterocycles. The molecule has 0 amide bonds. The third kappa shape index (κ3) is 8.06. The van der Waals surface area contributed by atoms with E-state index in [2.05, 4.69) is 15.0 Å². The summed E-state index contributed by atoms with van der Waals surface area (Å²) in [5.41, 5.74) is 6.56. The van der Waals surface area contributed by atoms with E-state index in [1.807, 2.05) is 13.8 Å². The number of guanidine groups is 1. The van der Waals surface area contributed by atoms with Crippen molar-refractivity contribution in [3.05, 3.63) is 29.8 Å². The minimum atomic E-state index is -4.66. The molecule has 0 heterocycles. The van der Waals surface area contributed by atoms with Gasteiger partial charge in [0, 0.05) is 13.1 Å². The van der Waals surface area contributed by atoms with E-state index >= 15 is 0 Å². The Bertz CT molecular complexity index is 456. The van der Waals surface area contributed by atoms with Gasteiger partial charge >= 0.3 is 6.36 Å². The zero-order valence-corrected chi connectivity index (χ0v) is 12.1. The van der Waals surface area contributed by atoms with Crippen molar-refractivity contribution in [3.63, 3.8) is 0 Å². The summed E-state index contributed by atoms with van der Waals surface area (Å²) < 4.78 is 39.8. The highest BCUT2D eigenvalue weighted by molar-refractivity contribution is 5.77. The number of nitrogens with zero attached hydrogens (tertiary/aromatic N) is 1. The van der Waals surface area contributed by atoms with Crippen LogP contribution < -0.4 is 15.8 Å². The van der Waals surface area contributed by atoms with Gasteiger partial charge in [-0.25, -0.2) is 0 Å². The number of halogens is 3. The molecular weight excluding hydrogens is 283 g/mol. The van der Waals surface area contributed by atoms with Crippen LogP contribution in [-0.4, -0.2) is 25.4 Å². The van der Waals surface area contributed by atoms with Gasteiger partial charge in [-0.05, 0) is 30.0 Å². The van der Waals surface area contributed by atoms with Crippen molar-refractivity contribution in [2.45, 2.75) is 26.6 Å². The molecule has 0 radical (unpaired) electrons. The second-order valence-electron chi connectivity index (χ2n) is 4.99. The van der Waals surface area contributed by atoms with Crippen LogP contribution in [0.3, 0.4) is 0 Å². The maximum absolute atomic E-state index is 12.0. The molecule has 0 unspecified atom stereocenters. The third-order valence-electron chi connectivity index (χ3n) is 2.50. The van der Waals surface area contributed by atoms with Crippen LogP contribution in [0.5, 0.6) is 5.75 Å². The monoisotopic (exact) mass is 303 g/mol. The Morgan fingerprint density at radius 1 is 1.29 bits per heavy atom. The molecule has 0 saturated heterocycles. The minimum absolute atomic E-state index is 0.225. The highest BCUT2D eigenvalue weighted by atomic mass is 19.4. The van der Waals surface area contributed by atoms with Crippen molar-refractivity contribution in [2.24, 2.45) is 16.6 Å². The number of aliphatic imine (C=N–C) groups is 1. The van der Waals surface area contributed by atoms with Gasteiger partial charge in [0.05, 0.1) is 0 Å². The van der Waals surface area contributed by atoms with Gasteiger partial charge in [-0.1, -0.05) is 26.0 Å². The molecule has 4 nitrogen and oxygen atoms in total. The van der Waals surface area contributed by atoms with Crippen molar-refractivity contribution < 1.29 is 17.9 Å². The molecule has 1 aromatic carbocycles. The van der Waals surface area contributed by atoms with E-state index in [0.717, 1.165) is 5.56 Å². The number of nitrogens with two attached hydrogens (primary N) is 1. The second kappa shape index (κ2) is 7.75. The lowest BCUT2D eigenvalue weighted by Crippen LogP contribution is -2.33. The smallest absolute Gasteiger partial charge is 0.406 e. The Morgan fingerprint density at radius 3 is 2.43 bits per heavy atom. The number of nitrogens with one attached hydrogen (secondary N) is 1. The summed E-state index contributed by atoms with van der Waals surface area (Å²) in [4.78, 5) is 4.15.